The number of hydrogen-bond donors (Lipinski definition) is 3. The average molecular weight is 197 g/mol. The monoisotopic (exact) mass is 197 g/mol. The van der Waals surface area contributed by atoms with Crippen molar-refractivity contribution in [3.05, 3.63) is 12.0 Å². The van der Waals surface area contributed by atoms with Crippen LogP contribution in [0.4, 0.5) is 5.82 Å². The second-order valence-corrected chi connectivity index (χ2v) is 2.29. The fraction of sp³-hybridized carbons (Fsp3) is 0. The van der Waals surface area contributed by atoms with E-state index in [1.165, 1.54) is 6.33 Å². The number of imidazole rings is 1. The van der Waals surface area contributed by atoms with Crippen molar-refractivity contribution in [1.82, 2.24) is 9.97 Å². The summed E-state index contributed by atoms with van der Waals surface area (Å²) in [7, 11) is 0. The quantitative estimate of drug-likeness (QED) is 0.555. The van der Waals surface area contributed by atoms with Gasteiger partial charge in [-0.05, 0) is 0 Å². The molecule has 0 atom stereocenters. The van der Waals surface area contributed by atoms with E-state index < -0.39 is 0 Å². The number of nitrogens with one attached hydrogen (secondary N) is 2. The van der Waals surface area contributed by atoms with Crippen molar-refractivity contribution >= 4 is 16.8 Å². The maximum atomic E-state index is 10.3. The molecule has 11 heavy (non-hydrogen) atoms. The number of aromatic nitrogens is 2. The van der Waals surface area contributed by atoms with Gasteiger partial charge in [-0.25, -0.2) is 0 Å². The minimum absolute atomic E-state index is 0.188. The molecule has 0 aliphatic heterocycles. The van der Waals surface area contributed by atoms with Crippen molar-refractivity contribution < 1.29 is 20.1 Å². The van der Waals surface area contributed by atoms with E-state index in [1.54, 1.807) is 0 Å². The Morgan fingerprint density at radius 3 is 3.18 bits per heavy atom. The first kappa shape index (κ1) is 8.12. The Morgan fingerprint density at radius 1 is 1.91 bits per heavy atom. The van der Waals surface area contributed by atoms with Gasteiger partial charge in [0.2, 0.25) is 0 Å². The first-order valence-electron chi connectivity index (χ1n) is 2.75. The molecule has 0 saturated carbocycles. The molecule has 6 heteroatoms. The summed E-state index contributed by atoms with van der Waals surface area (Å²) in [6, 6.07) is 0. The molecule has 0 spiro atoms. The van der Waals surface area contributed by atoms with E-state index in [0.29, 0.717) is 17.8 Å². The number of rotatable bonds is 3. The van der Waals surface area contributed by atoms with Gasteiger partial charge in [0.15, 0.2) is 0 Å². The predicted molar refractivity (Wildman–Crippen MR) is 36.8 cm³/mol. The molecule has 1 aromatic heterocycles. The molecule has 0 radical (unpaired) electrons. The first-order valence-corrected chi connectivity index (χ1v) is 3.27. The summed E-state index contributed by atoms with van der Waals surface area (Å²) < 4.78 is 0.188. The Kier molecular flexibility index (Phi) is 2.52. The standard InChI is InChI=1S/C5H6N4O.Co/c6-2-7-5-4(1-10)8-3-9-5;/h1,3,7H,6H2,(H,8,9);. The van der Waals surface area contributed by atoms with E-state index in [4.69, 9.17) is 5.73 Å². The Bertz CT molecular complexity index is 282. The van der Waals surface area contributed by atoms with Crippen molar-refractivity contribution in [3.8, 4) is 0 Å². The average Bonchev–Trinajstić information content (AvgIpc) is 2.34. The SMILES string of the molecule is N[C](=[Co])Nc1nc[nH]c1C=O. The van der Waals surface area contributed by atoms with Crippen LogP contribution in [0.5, 0.6) is 0 Å². The molecule has 0 aromatic carbocycles. The van der Waals surface area contributed by atoms with Gasteiger partial charge in [0, 0.05) is 0 Å². The Balaban J connectivity index is 2.84. The molecule has 0 unspecified atom stereocenters. The third-order valence-electron chi connectivity index (χ3n) is 1.02. The van der Waals surface area contributed by atoms with Gasteiger partial charge in [-0.15, -0.1) is 0 Å². The topological polar surface area (TPSA) is 83.8 Å². The van der Waals surface area contributed by atoms with Crippen molar-refractivity contribution in [2.75, 3.05) is 5.32 Å². The first-order chi connectivity index (χ1) is 5.24. The van der Waals surface area contributed by atoms with Crippen LogP contribution < -0.4 is 11.1 Å². The number of nitrogens with zero attached hydrogens (tertiary/aromatic N) is 1. The molecule has 0 fully saturated rings. The minimum atomic E-state index is 0.188. The third kappa shape index (κ3) is 1.97. The van der Waals surface area contributed by atoms with E-state index >= 15 is 0 Å². The fourth-order valence-corrected chi connectivity index (χ4v) is 0.725. The summed E-state index contributed by atoms with van der Waals surface area (Å²) in [4.78, 5) is 16.7. The van der Waals surface area contributed by atoms with E-state index in [9.17, 15) is 4.79 Å². The number of hydrogen-bond acceptors (Lipinski definition) is 4. The Hall–Kier alpha value is -0.984. The van der Waals surface area contributed by atoms with Crippen LogP contribution in [-0.2, 0) is 15.3 Å². The summed E-state index contributed by atoms with van der Waals surface area (Å²) >= 11 is 3.83. The van der Waals surface area contributed by atoms with Crippen LogP contribution in [0.2, 0.25) is 0 Å². The number of carbonyl (C=O) groups is 1. The van der Waals surface area contributed by atoms with Gasteiger partial charge in [0.05, 0.1) is 0 Å². The van der Waals surface area contributed by atoms with Crippen LogP contribution in [0.3, 0.4) is 0 Å². The number of aromatic amines is 1. The number of anilines is 1. The van der Waals surface area contributed by atoms with Crippen molar-refractivity contribution in [1.29, 1.82) is 0 Å². The molecule has 0 amide bonds. The number of aldehydes is 1. The fourth-order valence-electron chi connectivity index (χ4n) is 0.602. The van der Waals surface area contributed by atoms with Gasteiger partial charge >= 0.3 is 69.9 Å². The summed E-state index contributed by atoms with van der Waals surface area (Å²) in [5, 5.41) is 2.59. The van der Waals surface area contributed by atoms with Crippen LogP contribution in [0.25, 0.3) is 0 Å². The van der Waals surface area contributed by atoms with E-state index in [-0.39, 0.29) is 4.70 Å². The molecule has 1 heterocycles. The van der Waals surface area contributed by atoms with Gasteiger partial charge in [-0.2, -0.15) is 0 Å². The normalized spacial score (nSPS) is 9.27. The third-order valence-corrected chi connectivity index (χ3v) is 1.15. The zero-order valence-electron chi connectivity index (χ0n) is 5.42. The van der Waals surface area contributed by atoms with Crippen LogP contribution in [0, 0.1) is 0 Å². The predicted octanol–water partition coefficient (Wildman–Crippen LogP) is -0.773. The van der Waals surface area contributed by atoms with E-state index in [2.05, 4.69) is 30.6 Å². The zero-order valence-corrected chi connectivity index (χ0v) is 6.46. The van der Waals surface area contributed by atoms with Crippen LogP contribution in [-0.4, -0.2) is 21.0 Å². The van der Waals surface area contributed by atoms with Crippen LogP contribution in [0.1, 0.15) is 10.5 Å². The van der Waals surface area contributed by atoms with E-state index in [0.717, 1.165) is 0 Å². The van der Waals surface area contributed by atoms with Crippen molar-refractivity contribution in [3.63, 3.8) is 0 Å². The maximum absolute atomic E-state index is 10.3. The van der Waals surface area contributed by atoms with E-state index in [1.807, 2.05) is 0 Å². The zero-order chi connectivity index (χ0) is 8.27. The molecule has 0 saturated heterocycles. The molecule has 0 aliphatic carbocycles. The van der Waals surface area contributed by atoms with Gasteiger partial charge < -0.3 is 0 Å². The Labute approximate surface area is 70.5 Å². The van der Waals surface area contributed by atoms with Gasteiger partial charge in [-0.1, -0.05) is 0 Å². The van der Waals surface area contributed by atoms with Gasteiger partial charge in [-0.3, -0.25) is 0 Å². The summed E-state index contributed by atoms with van der Waals surface area (Å²) in [6.07, 6.45) is 2.04. The second-order valence-electron chi connectivity index (χ2n) is 1.73. The summed E-state index contributed by atoms with van der Waals surface area (Å²) in [5.41, 5.74) is 5.55. The molecule has 0 aliphatic rings. The second kappa shape index (κ2) is 3.42. The molecule has 61 valence electrons. The van der Waals surface area contributed by atoms with Gasteiger partial charge in [0.1, 0.15) is 0 Å². The van der Waals surface area contributed by atoms with Crippen molar-refractivity contribution in [2.24, 2.45) is 5.73 Å². The molecule has 1 rings (SSSR count). The van der Waals surface area contributed by atoms with Crippen molar-refractivity contribution in [2.45, 2.75) is 0 Å². The van der Waals surface area contributed by atoms with Crippen LogP contribution in [0.15, 0.2) is 6.33 Å². The molecule has 1 aromatic rings. The molecule has 5 nitrogen and oxygen atoms in total. The number of H-pyrrole nitrogens is 1. The number of carbonyl (C=O) groups excluding carboxylic acids is 1. The molecular formula is C5H6CoN4O. The molecular weight excluding hydrogens is 191 g/mol. The molecule has 0 bridgehead atoms. The Morgan fingerprint density at radius 2 is 2.64 bits per heavy atom. The summed E-state index contributed by atoms with van der Waals surface area (Å²) in [5.74, 6) is 0.380. The van der Waals surface area contributed by atoms with Gasteiger partial charge in [0.25, 0.3) is 0 Å². The van der Waals surface area contributed by atoms with Crippen LogP contribution >= 0.6 is 0 Å². The number of nitrogens with two attached hydrogens (primary N) is 1. The summed E-state index contributed by atoms with van der Waals surface area (Å²) in [6.45, 7) is 0. The molecule has 4 N–H and O–H groups in total.